The first-order valence-electron chi connectivity index (χ1n) is 7.78. The Morgan fingerprint density at radius 1 is 1.15 bits per heavy atom. The summed E-state index contributed by atoms with van der Waals surface area (Å²) in [6, 6.07) is 10.9. The van der Waals surface area contributed by atoms with Gasteiger partial charge in [-0.2, -0.15) is 0 Å². The van der Waals surface area contributed by atoms with Crippen LogP contribution in [0.25, 0.3) is 0 Å². The van der Waals surface area contributed by atoms with Crippen LogP contribution in [0.3, 0.4) is 0 Å². The first-order valence-corrected chi connectivity index (χ1v) is 9.71. The van der Waals surface area contributed by atoms with Gasteiger partial charge in [0.25, 0.3) is 5.91 Å². The number of para-hydroxylation sites is 1. The highest BCUT2D eigenvalue weighted by Gasteiger charge is 2.16. The molecule has 0 saturated carbocycles. The third-order valence-corrected chi connectivity index (χ3v) is 4.89. The van der Waals surface area contributed by atoms with Gasteiger partial charge in [-0.15, -0.1) is 0 Å². The topological polar surface area (TPSA) is 128 Å². The average molecular weight is 412 g/mol. The van der Waals surface area contributed by atoms with Crippen LogP contribution in [0, 0.1) is 6.92 Å². The third-order valence-electron chi connectivity index (χ3n) is 3.50. The number of primary sulfonamides is 1. The Balaban J connectivity index is 1.86. The largest absolute Gasteiger partial charge is 0.493 e. The molecule has 10 heteroatoms. The Bertz CT molecular complexity index is 963. The summed E-state index contributed by atoms with van der Waals surface area (Å²) in [4.78, 5) is 23.5. The van der Waals surface area contributed by atoms with Gasteiger partial charge in [-0.3, -0.25) is 20.4 Å². The lowest BCUT2D eigenvalue weighted by molar-refractivity contribution is -0.122. The first kappa shape index (κ1) is 20.7. The number of nitrogens with two attached hydrogens (primary N) is 1. The minimum atomic E-state index is -4.08. The molecule has 0 aliphatic carbocycles. The standard InChI is InChI=1S/C17H18ClN3O5S/c1-11-4-2-3-5-14(11)26-9-8-16(22)20-21-17(23)12-6-7-13(18)15(10-12)27(19,24)25/h2-7,10H,8-9H2,1H3,(H,20,22)(H,21,23)(H2,19,24,25). The minimum absolute atomic E-state index is 0.0116. The number of hydrogen-bond acceptors (Lipinski definition) is 5. The molecular formula is C17H18ClN3O5S. The molecule has 0 fully saturated rings. The number of nitrogens with one attached hydrogen (secondary N) is 2. The zero-order chi connectivity index (χ0) is 20.0. The average Bonchev–Trinajstić information content (AvgIpc) is 2.60. The van der Waals surface area contributed by atoms with E-state index in [1.165, 1.54) is 12.1 Å². The summed E-state index contributed by atoms with van der Waals surface area (Å²) >= 11 is 5.76. The molecule has 0 heterocycles. The molecule has 0 atom stereocenters. The zero-order valence-corrected chi connectivity index (χ0v) is 15.9. The summed E-state index contributed by atoms with van der Waals surface area (Å²) in [6.07, 6.45) is 0.0116. The van der Waals surface area contributed by atoms with Gasteiger partial charge in [0.05, 0.1) is 18.1 Å². The van der Waals surface area contributed by atoms with E-state index >= 15 is 0 Å². The Morgan fingerprint density at radius 3 is 2.52 bits per heavy atom. The van der Waals surface area contributed by atoms with Gasteiger partial charge >= 0.3 is 0 Å². The monoisotopic (exact) mass is 411 g/mol. The van der Waals surface area contributed by atoms with Crippen LogP contribution in [0.4, 0.5) is 0 Å². The summed E-state index contributed by atoms with van der Waals surface area (Å²) in [5.74, 6) is -0.520. The Kier molecular flexibility index (Phi) is 6.78. The molecule has 0 unspecified atom stereocenters. The van der Waals surface area contributed by atoms with Crippen molar-refractivity contribution in [3.63, 3.8) is 0 Å². The molecule has 0 radical (unpaired) electrons. The highest BCUT2D eigenvalue weighted by atomic mass is 35.5. The number of carbonyl (C=O) groups is 2. The summed E-state index contributed by atoms with van der Waals surface area (Å²) in [5.41, 5.74) is 5.32. The molecule has 4 N–H and O–H groups in total. The number of aryl methyl sites for hydroxylation is 1. The molecule has 8 nitrogen and oxygen atoms in total. The fourth-order valence-electron chi connectivity index (χ4n) is 2.10. The van der Waals surface area contributed by atoms with E-state index in [-0.39, 0.29) is 28.5 Å². The Labute approximate surface area is 161 Å². The second-order valence-electron chi connectivity index (χ2n) is 5.56. The number of amides is 2. The molecule has 2 amide bonds. The number of hydrazine groups is 1. The molecule has 0 spiro atoms. The zero-order valence-electron chi connectivity index (χ0n) is 14.4. The Hall–Kier alpha value is -2.62. The van der Waals surface area contributed by atoms with Gasteiger partial charge in [0.2, 0.25) is 15.9 Å². The van der Waals surface area contributed by atoms with Crippen molar-refractivity contribution < 1.29 is 22.7 Å². The van der Waals surface area contributed by atoms with Gasteiger partial charge in [0, 0.05) is 5.56 Å². The lowest BCUT2D eigenvalue weighted by Gasteiger charge is -2.10. The van der Waals surface area contributed by atoms with Gasteiger partial charge < -0.3 is 4.74 Å². The van der Waals surface area contributed by atoms with Gasteiger partial charge in [0.15, 0.2) is 0 Å². The predicted octanol–water partition coefficient (Wildman–Crippen LogP) is 1.53. The van der Waals surface area contributed by atoms with E-state index in [0.29, 0.717) is 5.75 Å². The summed E-state index contributed by atoms with van der Waals surface area (Å²) < 4.78 is 28.4. The predicted molar refractivity (Wildman–Crippen MR) is 99.7 cm³/mol. The van der Waals surface area contributed by atoms with Crippen molar-refractivity contribution in [3.8, 4) is 5.75 Å². The smallest absolute Gasteiger partial charge is 0.269 e. The highest BCUT2D eigenvalue weighted by Crippen LogP contribution is 2.21. The van der Waals surface area contributed by atoms with E-state index in [2.05, 4.69) is 10.9 Å². The summed E-state index contributed by atoms with van der Waals surface area (Å²) in [5, 5.41) is 4.93. The van der Waals surface area contributed by atoms with Crippen LogP contribution in [0.2, 0.25) is 5.02 Å². The molecule has 0 aliphatic heterocycles. The second-order valence-corrected chi connectivity index (χ2v) is 7.49. The van der Waals surface area contributed by atoms with Crippen molar-refractivity contribution in [1.29, 1.82) is 0 Å². The van der Waals surface area contributed by atoms with Crippen molar-refractivity contribution in [3.05, 3.63) is 58.6 Å². The van der Waals surface area contributed by atoms with Crippen LogP contribution in [0.15, 0.2) is 47.4 Å². The maximum atomic E-state index is 12.0. The molecule has 144 valence electrons. The number of halogens is 1. The van der Waals surface area contributed by atoms with E-state index in [1.807, 2.05) is 25.1 Å². The van der Waals surface area contributed by atoms with E-state index in [4.69, 9.17) is 21.5 Å². The second kappa shape index (κ2) is 8.85. The third kappa shape index (κ3) is 5.95. The van der Waals surface area contributed by atoms with Crippen molar-refractivity contribution in [2.75, 3.05) is 6.61 Å². The normalized spacial score (nSPS) is 10.9. The van der Waals surface area contributed by atoms with Crippen LogP contribution in [0.1, 0.15) is 22.3 Å². The summed E-state index contributed by atoms with van der Waals surface area (Å²) in [7, 11) is -4.08. The lowest BCUT2D eigenvalue weighted by Crippen LogP contribution is -2.42. The molecule has 27 heavy (non-hydrogen) atoms. The SMILES string of the molecule is Cc1ccccc1OCCC(=O)NNC(=O)c1ccc(Cl)c(S(N)(=O)=O)c1. The number of carbonyl (C=O) groups excluding carboxylic acids is 2. The highest BCUT2D eigenvalue weighted by molar-refractivity contribution is 7.89. The van der Waals surface area contributed by atoms with Crippen molar-refractivity contribution in [2.24, 2.45) is 5.14 Å². The van der Waals surface area contributed by atoms with Crippen LogP contribution in [-0.2, 0) is 14.8 Å². The quantitative estimate of drug-likeness (QED) is 0.621. The van der Waals surface area contributed by atoms with Crippen LogP contribution in [0.5, 0.6) is 5.75 Å². The summed E-state index contributed by atoms with van der Waals surface area (Å²) in [6.45, 7) is 2.01. The van der Waals surface area contributed by atoms with Crippen molar-refractivity contribution in [1.82, 2.24) is 10.9 Å². The van der Waals surface area contributed by atoms with Gasteiger partial charge in [-0.05, 0) is 36.8 Å². The van der Waals surface area contributed by atoms with E-state index < -0.39 is 21.8 Å². The number of ether oxygens (including phenoxy) is 1. The van der Waals surface area contributed by atoms with Crippen LogP contribution < -0.4 is 20.7 Å². The maximum Gasteiger partial charge on any atom is 0.269 e. The van der Waals surface area contributed by atoms with E-state index in [9.17, 15) is 18.0 Å². The molecule has 0 saturated heterocycles. The van der Waals surface area contributed by atoms with E-state index in [1.54, 1.807) is 6.07 Å². The molecule has 0 aromatic heterocycles. The minimum Gasteiger partial charge on any atom is -0.493 e. The van der Waals surface area contributed by atoms with Crippen LogP contribution in [-0.4, -0.2) is 26.8 Å². The molecule has 0 bridgehead atoms. The van der Waals surface area contributed by atoms with E-state index in [0.717, 1.165) is 11.6 Å². The van der Waals surface area contributed by atoms with Crippen molar-refractivity contribution >= 4 is 33.4 Å². The fraction of sp³-hybridized carbons (Fsp3) is 0.176. The molecular weight excluding hydrogens is 394 g/mol. The number of sulfonamides is 1. The number of rotatable bonds is 6. The van der Waals surface area contributed by atoms with Gasteiger partial charge in [-0.25, -0.2) is 13.6 Å². The lowest BCUT2D eigenvalue weighted by atomic mass is 10.2. The molecule has 2 aromatic rings. The van der Waals surface area contributed by atoms with Crippen molar-refractivity contribution in [2.45, 2.75) is 18.2 Å². The Morgan fingerprint density at radius 2 is 1.85 bits per heavy atom. The number of hydrogen-bond donors (Lipinski definition) is 3. The van der Waals surface area contributed by atoms with Crippen LogP contribution >= 0.6 is 11.6 Å². The molecule has 2 rings (SSSR count). The molecule has 0 aliphatic rings. The fourth-order valence-corrected chi connectivity index (χ4v) is 3.17. The van der Waals surface area contributed by atoms with Gasteiger partial charge in [-0.1, -0.05) is 29.8 Å². The maximum absolute atomic E-state index is 12.0. The first-order chi connectivity index (χ1) is 12.7. The number of benzene rings is 2. The van der Waals surface area contributed by atoms with Gasteiger partial charge in [0.1, 0.15) is 10.6 Å². The molecule has 2 aromatic carbocycles.